The van der Waals surface area contributed by atoms with Gasteiger partial charge in [0, 0.05) is 17.6 Å². The lowest BCUT2D eigenvalue weighted by molar-refractivity contribution is 0.0522. The minimum absolute atomic E-state index is 0.0764. The van der Waals surface area contributed by atoms with E-state index in [1.807, 2.05) is 0 Å². The number of imidazole rings is 1. The molecule has 0 atom stereocenters. The number of benzene rings is 1. The van der Waals surface area contributed by atoms with E-state index in [0.29, 0.717) is 22.2 Å². The second-order valence-corrected chi connectivity index (χ2v) is 4.76. The van der Waals surface area contributed by atoms with Crippen LogP contribution in [0, 0.1) is 0 Å². The van der Waals surface area contributed by atoms with Crippen molar-refractivity contribution >= 4 is 28.2 Å². The molecule has 0 spiro atoms. The molecule has 0 fully saturated rings. The van der Waals surface area contributed by atoms with E-state index in [0.717, 1.165) is 0 Å². The number of hydrogen-bond acceptors (Lipinski definition) is 5. The number of fused-ring (bicyclic) bond motifs is 3. The first-order valence-electron chi connectivity index (χ1n) is 6.80. The second kappa shape index (κ2) is 5.47. The predicted molar refractivity (Wildman–Crippen MR) is 82.7 cm³/mol. The molecule has 0 aliphatic heterocycles. The number of carbonyl (C=O) groups is 1. The number of carbonyl (C=O) groups excluding carboxylic acids is 1. The number of esters is 1. The van der Waals surface area contributed by atoms with Crippen molar-refractivity contribution in [3.8, 4) is 0 Å². The fourth-order valence-corrected chi connectivity index (χ4v) is 2.48. The lowest BCUT2D eigenvalue weighted by atomic mass is 10.2. The highest BCUT2D eigenvalue weighted by Gasteiger charge is 2.19. The van der Waals surface area contributed by atoms with Crippen molar-refractivity contribution in [1.29, 1.82) is 0 Å². The Kier molecular flexibility index (Phi) is 3.47. The smallest absolute Gasteiger partial charge is 0.360 e. The standard InChI is InChI=1S/C14H12N6O3/c1-3-23-14(22)11-12-19(2)13(21)9-6-8(17-18-15)4-5-10(9)20(12)7-16-11/h4-7H,3H2,1-2H3. The van der Waals surface area contributed by atoms with Gasteiger partial charge < -0.3 is 4.74 Å². The average Bonchev–Trinajstić information content (AvgIpc) is 2.98. The molecule has 3 aromatic rings. The van der Waals surface area contributed by atoms with Crippen molar-refractivity contribution in [1.82, 2.24) is 14.0 Å². The van der Waals surface area contributed by atoms with Gasteiger partial charge in [0.15, 0.2) is 11.3 Å². The van der Waals surface area contributed by atoms with E-state index in [4.69, 9.17) is 10.3 Å². The SMILES string of the molecule is CCOC(=O)c1ncn2c3ccc(N=[N+]=[N-])cc3c(=O)n(C)c12. The van der Waals surface area contributed by atoms with Crippen LogP contribution in [0.3, 0.4) is 0 Å². The predicted octanol–water partition coefficient (Wildman–Crippen LogP) is 2.30. The van der Waals surface area contributed by atoms with Crippen molar-refractivity contribution in [2.24, 2.45) is 12.2 Å². The topological polar surface area (TPSA) is 114 Å². The molecule has 1 aromatic carbocycles. The number of hydrogen-bond donors (Lipinski definition) is 0. The number of azide groups is 1. The average molecular weight is 312 g/mol. The van der Waals surface area contributed by atoms with E-state index < -0.39 is 5.97 Å². The number of aryl methyl sites for hydroxylation is 1. The highest BCUT2D eigenvalue weighted by molar-refractivity contribution is 5.96. The van der Waals surface area contributed by atoms with E-state index in [1.165, 1.54) is 17.0 Å². The maximum Gasteiger partial charge on any atom is 0.360 e. The first-order chi connectivity index (χ1) is 11.1. The largest absolute Gasteiger partial charge is 0.461 e. The van der Waals surface area contributed by atoms with Gasteiger partial charge in [0.05, 0.1) is 17.5 Å². The Labute approximate surface area is 129 Å². The molecular formula is C14H12N6O3. The number of ether oxygens (including phenoxy) is 1. The van der Waals surface area contributed by atoms with Gasteiger partial charge in [-0.05, 0) is 24.6 Å². The summed E-state index contributed by atoms with van der Waals surface area (Å²) < 4.78 is 7.92. The fraction of sp³-hybridized carbons (Fsp3) is 0.214. The summed E-state index contributed by atoms with van der Waals surface area (Å²) in [5.74, 6) is -0.588. The molecule has 0 amide bonds. The van der Waals surface area contributed by atoms with E-state index in [1.54, 1.807) is 30.5 Å². The van der Waals surface area contributed by atoms with Gasteiger partial charge in [0.2, 0.25) is 0 Å². The van der Waals surface area contributed by atoms with Crippen molar-refractivity contribution in [3.63, 3.8) is 0 Å². The third-order valence-corrected chi connectivity index (χ3v) is 3.46. The summed E-state index contributed by atoms with van der Waals surface area (Å²) in [7, 11) is 1.54. The van der Waals surface area contributed by atoms with Crippen molar-refractivity contribution < 1.29 is 9.53 Å². The molecule has 9 heteroatoms. The van der Waals surface area contributed by atoms with Gasteiger partial charge in [-0.25, -0.2) is 9.78 Å². The van der Waals surface area contributed by atoms with Crippen LogP contribution >= 0.6 is 0 Å². The molecule has 0 saturated carbocycles. The molecule has 2 aromatic heterocycles. The Morgan fingerprint density at radius 3 is 2.96 bits per heavy atom. The molecule has 0 N–H and O–H groups in total. The first kappa shape index (κ1) is 14.6. The van der Waals surface area contributed by atoms with Crippen molar-refractivity contribution in [2.45, 2.75) is 6.92 Å². The van der Waals surface area contributed by atoms with Crippen LogP contribution in [0.2, 0.25) is 0 Å². The normalized spacial score (nSPS) is 10.7. The van der Waals surface area contributed by atoms with Gasteiger partial charge in [0.25, 0.3) is 5.56 Å². The van der Waals surface area contributed by atoms with Crippen LogP contribution < -0.4 is 5.56 Å². The number of rotatable bonds is 3. The zero-order chi connectivity index (χ0) is 16.6. The Balaban J connectivity index is 2.40. The molecule has 2 heterocycles. The molecule has 23 heavy (non-hydrogen) atoms. The van der Waals surface area contributed by atoms with Gasteiger partial charge in [-0.1, -0.05) is 11.2 Å². The summed E-state index contributed by atoms with van der Waals surface area (Å²) in [4.78, 5) is 31.3. The van der Waals surface area contributed by atoms with Crippen LogP contribution in [0.5, 0.6) is 0 Å². The summed E-state index contributed by atoms with van der Waals surface area (Å²) in [6.45, 7) is 1.91. The van der Waals surface area contributed by atoms with E-state index in [9.17, 15) is 9.59 Å². The molecule has 3 rings (SSSR count). The van der Waals surface area contributed by atoms with Crippen molar-refractivity contribution in [3.05, 3.63) is 51.0 Å². The number of aromatic nitrogens is 3. The summed E-state index contributed by atoms with van der Waals surface area (Å²) in [6, 6.07) is 4.73. The third-order valence-electron chi connectivity index (χ3n) is 3.46. The van der Waals surface area contributed by atoms with Gasteiger partial charge in [-0.15, -0.1) is 0 Å². The molecule has 0 bridgehead atoms. The minimum Gasteiger partial charge on any atom is -0.461 e. The Morgan fingerprint density at radius 1 is 1.48 bits per heavy atom. The molecule has 9 nitrogen and oxygen atoms in total. The summed E-state index contributed by atoms with van der Waals surface area (Å²) in [5.41, 5.74) is 9.50. The molecular weight excluding hydrogens is 300 g/mol. The van der Waals surface area contributed by atoms with E-state index >= 15 is 0 Å². The lowest BCUT2D eigenvalue weighted by Gasteiger charge is -2.08. The molecule has 0 unspecified atom stereocenters. The monoisotopic (exact) mass is 312 g/mol. The summed E-state index contributed by atoms with van der Waals surface area (Å²) >= 11 is 0. The fourth-order valence-electron chi connectivity index (χ4n) is 2.48. The van der Waals surface area contributed by atoms with Gasteiger partial charge in [-0.3, -0.25) is 13.8 Å². The third kappa shape index (κ3) is 2.19. The summed E-state index contributed by atoms with van der Waals surface area (Å²) in [6.07, 6.45) is 1.45. The van der Waals surface area contributed by atoms with Gasteiger partial charge in [-0.2, -0.15) is 0 Å². The van der Waals surface area contributed by atoms with Crippen LogP contribution in [0.15, 0.2) is 34.4 Å². The summed E-state index contributed by atoms with van der Waals surface area (Å²) in [5, 5.41) is 3.86. The van der Waals surface area contributed by atoms with Crippen LogP contribution in [-0.2, 0) is 11.8 Å². The van der Waals surface area contributed by atoms with Crippen LogP contribution in [0.25, 0.3) is 27.0 Å². The zero-order valence-corrected chi connectivity index (χ0v) is 12.4. The Morgan fingerprint density at radius 2 is 2.26 bits per heavy atom. The molecule has 116 valence electrons. The quantitative estimate of drug-likeness (QED) is 0.319. The highest BCUT2D eigenvalue weighted by Crippen LogP contribution is 2.21. The maximum absolute atomic E-state index is 12.6. The van der Waals surface area contributed by atoms with E-state index in [-0.39, 0.29) is 17.9 Å². The van der Waals surface area contributed by atoms with Crippen LogP contribution in [0.4, 0.5) is 5.69 Å². The first-order valence-corrected chi connectivity index (χ1v) is 6.80. The molecule has 0 aliphatic rings. The Hall–Kier alpha value is -3.32. The maximum atomic E-state index is 12.6. The number of nitrogens with zero attached hydrogens (tertiary/aromatic N) is 6. The van der Waals surface area contributed by atoms with Gasteiger partial charge in [0.1, 0.15) is 6.33 Å². The highest BCUT2D eigenvalue weighted by atomic mass is 16.5. The Bertz CT molecular complexity index is 1040. The lowest BCUT2D eigenvalue weighted by Crippen LogP contribution is -2.21. The molecule has 0 aliphatic carbocycles. The van der Waals surface area contributed by atoms with Crippen LogP contribution in [-0.4, -0.2) is 26.5 Å². The minimum atomic E-state index is -0.588. The van der Waals surface area contributed by atoms with Crippen LogP contribution in [0.1, 0.15) is 17.4 Å². The second-order valence-electron chi connectivity index (χ2n) is 4.76. The van der Waals surface area contributed by atoms with Crippen molar-refractivity contribution in [2.75, 3.05) is 6.61 Å². The zero-order valence-electron chi connectivity index (χ0n) is 12.4. The molecule has 0 radical (unpaired) electrons. The van der Waals surface area contributed by atoms with Gasteiger partial charge >= 0.3 is 5.97 Å². The molecule has 0 saturated heterocycles. The van der Waals surface area contributed by atoms with E-state index in [2.05, 4.69) is 15.0 Å².